The first-order valence-corrected chi connectivity index (χ1v) is 5.83. The van der Waals surface area contributed by atoms with Gasteiger partial charge in [0.2, 0.25) is 6.79 Å². The van der Waals surface area contributed by atoms with Gasteiger partial charge in [0.25, 0.3) is 0 Å². The predicted octanol–water partition coefficient (Wildman–Crippen LogP) is 1.35. The summed E-state index contributed by atoms with van der Waals surface area (Å²) < 4.78 is 47.6. The Morgan fingerprint density at radius 3 is 2.60 bits per heavy atom. The molecule has 0 fully saturated rings. The Hall–Kier alpha value is -1.96. The molecule has 108 valence electrons. The monoisotopic (exact) mass is 289 g/mol. The first-order valence-electron chi connectivity index (χ1n) is 5.83. The van der Waals surface area contributed by atoms with Crippen molar-refractivity contribution in [1.29, 1.82) is 0 Å². The summed E-state index contributed by atoms with van der Waals surface area (Å²) >= 11 is 0. The fourth-order valence-electron chi connectivity index (χ4n) is 2.36. The topological polar surface area (TPSA) is 59.0 Å². The average molecular weight is 289 g/mol. The van der Waals surface area contributed by atoms with E-state index < -0.39 is 24.7 Å². The van der Waals surface area contributed by atoms with Gasteiger partial charge in [0.15, 0.2) is 11.5 Å². The second-order valence-corrected chi connectivity index (χ2v) is 4.60. The van der Waals surface area contributed by atoms with Crippen LogP contribution in [0.3, 0.4) is 0 Å². The Morgan fingerprint density at radius 1 is 1.30 bits per heavy atom. The number of alkyl halides is 3. The molecule has 3 rings (SSSR count). The molecule has 1 amide bonds. The number of amides is 1. The normalized spacial score (nSPS) is 20.8. The summed E-state index contributed by atoms with van der Waals surface area (Å²) in [6.45, 7) is -0.591. The van der Waals surface area contributed by atoms with Crippen LogP contribution >= 0.6 is 0 Å². The zero-order chi connectivity index (χ0) is 14.5. The summed E-state index contributed by atoms with van der Waals surface area (Å²) in [6.07, 6.45) is -6.13. The number of ether oxygens (including phenoxy) is 2. The van der Waals surface area contributed by atoms with E-state index in [2.05, 4.69) is 0 Å². The molecule has 5 nitrogen and oxygen atoms in total. The van der Waals surface area contributed by atoms with Gasteiger partial charge in [-0.2, -0.15) is 13.2 Å². The molecule has 0 aromatic heterocycles. The number of carbonyl (C=O) groups is 1. The molecular weight excluding hydrogens is 279 g/mol. The molecule has 2 aliphatic heterocycles. The van der Waals surface area contributed by atoms with Crippen molar-refractivity contribution in [3.05, 3.63) is 23.3 Å². The molecule has 0 radical (unpaired) electrons. The van der Waals surface area contributed by atoms with Gasteiger partial charge in [-0.25, -0.2) is 0 Å². The summed E-state index contributed by atoms with van der Waals surface area (Å²) in [4.78, 5) is 11.8. The lowest BCUT2D eigenvalue weighted by Gasteiger charge is -2.32. The molecule has 0 aliphatic carbocycles. The van der Waals surface area contributed by atoms with Gasteiger partial charge < -0.3 is 19.5 Å². The Morgan fingerprint density at radius 2 is 1.95 bits per heavy atom. The number of nitrogens with zero attached hydrogens (tertiary/aromatic N) is 1. The van der Waals surface area contributed by atoms with Gasteiger partial charge >= 0.3 is 12.1 Å². The summed E-state index contributed by atoms with van der Waals surface area (Å²) in [6, 6.07) is 3.04. The fraction of sp³-hybridized carbons (Fsp3) is 0.417. The minimum absolute atomic E-state index is 0.0273. The molecule has 0 bridgehead atoms. The van der Waals surface area contributed by atoms with Crippen LogP contribution in [0.2, 0.25) is 0 Å². The fourth-order valence-corrected chi connectivity index (χ4v) is 2.36. The minimum atomic E-state index is -4.95. The van der Waals surface area contributed by atoms with Crippen molar-refractivity contribution in [2.45, 2.75) is 18.8 Å². The van der Waals surface area contributed by atoms with Crippen LogP contribution in [-0.4, -0.2) is 35.4 Å². The van der Waals surface area contributed by atoms with Crippen molar-refractivity contribution in [2.75, 3.05) is 13.3 Å². The maximum Gasteiger partial charge on any atom is 0.471 e. The number of halogens is 3. The highest BCUT2D eigenvalue weighted by molar-refractivity contribution is 5.82. The lowest BCUT2D eigenvalue weighted by Crippen LogP contribution is -2.45. The Bertz CT molecular complexity index is 573. The van der Waals surface area contributed by atoms with E-state index in [0.29, 0.717) is 27.5 Å². The van der Waals surface area contributed by atoms with Crippen molar-refractivity contribution in [1.82, 2.24) is 4.90 Å². The third kappa shape index (κ3) is 2.05. The maximum absolute atomic E-state index is 12.4. The molecule has 8 heteroatoms. The van der Waals surface area contributed by atoms with Gasteiger partial charge in [-0.15, -0.1) is 0 Å². The number of carbonyl (C=O) groups excluding carboxylic acids is 1. The van der Waals surface area contributed by atoms with Crippen LogP contribution in [0, 0.1) is 0 Å². The van der Waals surface area contributed by atoms with E-state index >= 15 is 0 Å². The molecule has 2 aliphatic rings. The lowest BCUT2D eigenvalue weighted by molar-refractivity contribution is -0.188. The predicted molar refractivity (Wildman–Crippen MR) is 59.0 cm³/mol. The van der Waals surface area contributed by atoms with E-state index in [-0.39, 0.29) is 13.3 Å². The van der Waals surface area contributed by atoms with Crippen LogP contribution in [0.15, 0.2) is 12.1 Å². The number of fused-ring (bicyclic) bond motifs is 2. The number of β-amino-alcohol motifs (C(OH)–C–C–N with tert-alkyl or cyclic N) is 1. The first-order chi connectivity index (χ1) is 9.36. The SMILES string of the molecule is O=C(N1Cc2cc3c(cc2C(O)C1)OCO3)C(F)(F)F. The number of aliphatic hydroxyl groups excluding tert-OH is 1. The Labute approximate surface area is 111 Å². The third-order valence-corrected chi connectivity index (χ3v) is 3.28. The number of hydrogen-bond donors (Lipinski definition) is 1. The van der Waals surface area contributed by atoms with Crippen LogP contribution in [-0.2, 0) is 11.3 Å². The summed E-state index contributed by atoms with van der Waals surface area (Å²) in [5.74, 6) is -1.12. The lowest BCUT2D eigenvalue weighted by atomic mass is 9.96. The van der Waals surface area contributed by atoms with Crippen molar-refractivity contribution in [2.24, 2.45) is 0 Å². The second kappa shape index (κ2) is 4.27. The van der Waals surface area contributed by atoms with Crippen molar-refractivity contribution < 1.29 is 32.5 Å². The molecule has 0 spiro atoms. The van der Waals surface area contributed by atoms with Gasteiger partial charge in [-0.1, -0.05) is 0 Å². The summed E-state index contributed by atoms with van der Waals surface area (Å²) in [5, 5.41) is 9.92. The molecule has 20 heavy (non-hydrogen) atoms. The minimum Gasteiger partial charge on any atom is -0.454 e. The standard InChI is InChI=1S/C12H10F3NO4/c13-12(14,15)11(18)16-3-6-1-9-10(20-5-19-9)2-7(6)8(17)4-16/h1-2,8,17H,3-5H2. The number of aliphatic hydroxyl groups is 1. The molecule has 1 unspecified atom stereocenters. The molecule has 1 N–H and O–H groups in total. The first kappa shape index (κ1) is 13.0. The molecule has 0 saturated carbocycles. The molecular formula is C12H10F3NO4. The largest absolute Gasteiger partial charge is 0.471 e. The van der Waals surface area contributed by atoms with Crippen LogP contribution in [0.1, 0.15) is 17.2 Å². The third-order valence-electron chi connectivity index (χ3n) is 3.28. The highest BCUT2D eigenvalue weighted by Crippen LogP contribution is 2.39. The number of benzene rings is 1. The van der Waals surface area contributed by atoms with Gasteiger partial charge in [0.1, 0.15) is 0 Å². The Balaban J connectivity index is 1.93. The number of hydrogen-bond acceptors (Lipinski definition) is 4. The van der Waals surface area contributed by atoms with Crippen LogP contribution in [0.4, 0.5) is 13.2 Å². The van der Waals surface area contributed by atoms with Gasteiger partial charge in [0.05, 0.1) is 12.6 Å². The average Bonchev–Trinajstić information content (AvgIpc) is 2.81. The second-order valence-electron chi connectivity index (χ2n) is 4.60. The van der Waals surface area contributed by atoms with Crippen LogP contribution in [0.5, 0.6) is 11.5 Å². The summed E-state index contributed by atoms with van der Waals surface area (Å²) in [5.41, 5.74) is 0.881. The zero-order valence-corrected chi connectivity index (χ0v) is 10.1. The van der Waals surface area contributed by atoms with Crippen LogP contribution in [0.25, 0.3) is 0 Å². The van der Waals surface area contributed by atoms with Crippen molar-refractivity contribution in [3.8, 4) is 11.5 Å². The van der Waals surface area contributed by atoms with Crippen molar-refractivity contribution in [3.63, 3.8) is 0 Å². The van der Waals surface area contributed by atoms with E-state index in [0.717, 1.165) is 0 Å². The number of rotatable bonds is 0. The smallest absolute Gasteiger partial charge is 0.454 e. The Kier molecular flexibility index (Phi) is 2.79. The van der Waals surface area contributed by atoms with E-state index in [9.17, 15) is 23.1 Å². The van der Waals surface area contributed by atoms with Gasteiger partial charge in [-0.3, -0.25) is 4.79 Å². The highest BCUT2D eigenvalue weighted by atomic mass is 19.4. The molecule has 1 aromatic carbocycles. The zero-order valence-electron chi connectivity index (χ0n) is 10.1. The van der Waals surface area contributed by atoms with Crippen molar-refractivity contribution >= 4 is 5.91 Å². The van der Waals surface area contributed by atoms with Crippen LogP contribution < -0.4 is 9.47 Å². The van der Waals surface area contributed by atoms with Gasteiger partial charge in [0, 0.05) is 6.54 Å². The molecule has 1 aromatic rings. The van der Waals surface area contributed by atoms with E-state index in [4.69, 9.17) is 9.47 Å². The maximum atomic E-state index is 12.4. The molecule has 0 saturated heterocycles. The van der Waals surface area contributed by atoms with E-state index in [1.807, 2.05) is 0 Å². The van der Waals surface area contributed by atoms with E-state index in [1.165, 1.54) is 12.1 Å². The van der Waals surface area contributed by atoms with Gasteiger partial charge in [-0.05, 0) is 23.3 Å². The summed E-state index contributed by atoms with van der Waals surface area (Å²) in [7, 11) is 0. The molecule has 2 heterocycles. The molecule has 1 atom stereocenters. The highest BCUT2D eigenvalue weighted by Gasteiger charge is 2.44. The quantitative estimate of drug-likeness (QED) is 0.783. The van der Waals surface area contributed by atoms with E-state index in [1.54, 1.807) is 0 Å².